The van der Waals surface area contributed by atoms with Gasteiger partial charge in [0, 0.05) is 0 Å². The molecular weight excluding hydrogens is 166 g/mol. The van der Waals surface area contributed by atoms with Crippen molar-refractivity contribution in [3.63, 3.8) is 0 Å². The predicted octanol–water partition coefficient (Wildman–Crippen LogP) is -1.55. The molecule has 0 rings (SSSR count). The van der Waals surface area contributed by atoms with E-state index in [9.17, 15) is 14.4 Å². The second-order valence-electron chi connectivity index (χ2n) is 1.76. The first-order valence-electron chi connectivity index (χ1n) is 3.09. The summed E-state index contributed by atoms with van der Waals surface area (Å²) in [4.78, 5) is 30.7. The van der Waals surface area contributed by atoms with Crippen LogP contribution in [0.15, 0.2) is 0 Å². The molecule has 6 nitrogen and oxygen atoms in total. The van der Waals surface area contributed by atoms with E-state index in [1.807, 2.05) is 0 Å². The molecule has 0 aliphatic rings. The number of rotatable bonds is 5. The summed E-state index contributed by atoms with van der Waals surface area (Å²) < 4.78 is 8.36. The number of carbonyl (C=O) groups is 3. The highest BCUT2D eigenvalue weighted by Crippen LogP contribution is 1.72. The van der Waals surface area contributed by atoms with Crippen LogP contribution in [0.4, 0.5) is 0 Å². The molecule has 0 spiro atoms. The fraction of sp³-hybridized carbons (Fsp3) is 0.500. The summed E-state index contributed by atoms with van der Waals surface area (Å²) in [7, 11) is 1.20. The van der Waals surface area contributed by atoms with Gasteiger partial charge in [-0.3, -0.25) is 14.4 Å². The van der Waals surface area contributed by atoms with Crippen LogP contribution >= 0.6 is 0 Å². The summed E-state index contributed by atoms with van der Waals surface area (Å²) >= 11 is 0. The molecular formula is C6H9NO5. The molecule has 6 heteroatoms. The van der Waals surface area contributed by atoms with Crippen molar-refractivity contribution in [2.75, 3.05) is 20.3 Å². The third-order valence-electron chi connectivity index (χ3n) is 0.940. The van der Waals surface area contributed by atoms with Gasteiger partial charge in [0.1, 0.15) is 6.54 Å². The van der Waals surface area contributed by atoms with Crippen LogP contribution in [0.2, 0.25) is 0 Å². The van der Waals surface area contributed by atoms with Crippen molar-refractivity contribution in [1.82, 2.24) is 5.32 Å². The second kappa shape index (κ2) is 6.14. The van der Waals surface area contributed by atoms with Crippen LogP contribution in [0, 0.1) is 0 Å². The number of hydrogen-bond acceptors (Lipinski definition) is 5. The van der Waals surface area contributed by atoms with Gasteiger partial charge in [0.15, 0.2) is 6.61 Å². The van der Waals surface area contributed by atoms with E-state index in [-0.39, 0.29) is 19.6 Å². The Balaban J connectivity index is 3.43. The Kier molecular flexibility index (Phi) is 5.33. The molecule has 0 aromatic carbocycles. The molecule has 12 heavy (non-hydrogen) atoms. The lowest BCUT2D eigenvalue weighted by molar-refractivity contribution is -0.142. The molecule has 0 bridgehead atoms. The number of nitrogens with one attached hydrogen (secondary N) is 1. The number of amides is 1. The van der Waals surface area contributed by atoms with Gasteiger partial charge in [-0.2, -0.15) is 0 Å². The van der Waals surface area contributed by atoms with Crippen LogP contribution in [0.25, 0.3) is 0 Å². The summed E-state index contributed by atoms with van der Waals surface area (Å²) in [6.07, 6.45) is 0. The van der Waals surface area contributed by atoms with Gasteiger partial charge in [-0.1, -0.05) is 0 Å². The maximum absolute atomic E-state index is 10.6. The quantitative estimate of drug-likeness (QED) is 0.404. The van der Waals surface area contributed by atoms with Gasteiger partial charge < -0.3 is 14.8 Å². The highest BCUT2D eigenvalue weighted by atomic mass is 16.5. The molecule has 0 heterocycles. The van der Waals surface area contributed by atoms with Crippen LogP contribution in [0.3, 0.4) is 0 Å². The minimum atomic E-state index is -0.561. The van der Waals surface area contributed by atoms with Crippen molar-refractivity contribution >= 4 is 18.3 Å². The van der Waals surface area contributed by atoms with Crippen LogP contribution in [-0.4, -0.2) is 38.6 Å². The molecule has 0 unspecified atom stereocenters. The number of carbonyl (C=O) groups excluding carboxylic acids is 3. The predicted molar refractivity (Wildman–Crippen MR) is 37.0 cm³/mol. The Hall–Kier alpha value is -1.59. The van der Waals surface area contributed by atoms with E-state index >= 15 is 0 Å². The lowest BCUT2D eigenvalue weighted by atomic mass is 10.6. The SMILES string of the molecule is COC(=O)CNC(=O)COC=O. The number of esters is 1. The zero-order valence-corrected chi connectivity index (χ0v) is 6.53. The monoisotopic (exact) mass is 175 g/mol. The first-order chi connectivity index (χ1) is 5.70. The summed E-state index contributed by atoms with van der Waals surface area (Å²) in [6.45, 7) is -0.463. The third kappa shape index (κ3) is 5.21. The zero-order valence-electron chi connectivity index (χ0n) is 6.53. The molecule has 0 fully saturated rings. The molecule has 68 valence electrons. The van der Waals surface area contributed by atoms with E-state index in [0.717, 1.165) is 0 Å². The fourth-order valence-corrected chi connectivity index (χ4v) is 0.404. The van der Waals surface area contributed by atoms with Gasteiger partial charge >= 0.3 is 5.97 Å². The highest BCUT2D eigenvalue weighted by Gasteiger charge is 2.04. The van der Waals surface area contributed by atoms with Gasteiger partial charge in [0.2, 0.25) is 0 Å². The average Bonchev–Trinajstić information content (AvgIpc) is 2.10. The molecule has 1 N–H and O–H groups in total. The average molecular weight is 175 g/mol. The Labute approximate surface area is 68.8 Å². The van der Waals surface area contributed by atoms with E-state index in [2.05, 4.69) is 14.8 Å². The number of hydrogen-bond donors (Lipinski definition) is 1. The smallest absolute Gasteiger partial charge is 0.325 e. The van der Waals surface area contributed by atoms with Crippen molar-refractivity contribution in [3.8, 4) is 0 Å². The van der Waals surface area contributed by atoms with Crippen LogP contribution in [-0.2, 0) is 23.9 Å². The lowest BCUT2D eigenvalue weighted by Gasteiger charge is -2.01. The Bertz CT molecular complexity index is 179. The van der Waals surface area contributed by atoms with Crippen molar-refractivity contribution < 1.29 is 23.9 Å². The number of methoxy groups -OCH3 is 1. The zero-order chi connectivity index (χ0) is 9.40. The van der Waals surface area contributed by atoms with Gasteiger partial charge in [0.25, 0.3) is 12.4 Å². The molecule has 0 saturated heterocycles. The van der Waals surface area contributed by atoms with Crippen molar-refractivity contribution in [2.24, 2.45) is 0 Å². The second-order valence-corrected chi connectivity index (χ2v) is 1.76. The minimum Gasteiger partial charge on any atom is -0.468 e. The lowest BCUT2D eigenvalue weighted by Crippen LogP contribution is -2.32. The molecule has 0 atom stereocenters. The molecule has 1 amide bonds. The van der Waals surface area contributed by atoms with Crippen LogP contribution < -0.4 is 5.32 Å². The fourth-order valence-electron chi connectivity index (χ4n) is 0.404. The Morgan fingerprint density at radius 1 is 1.50 bits per heavy atom. The Morgan fingerprint density at radius 2 is 2.17 bits per heavy atom. The first kappa shape index (κ1) is 10.4. The molecule has 0 aromatic heterocycles. The van der Waals surface area contributed by atoms with Crippen LogP contribution in [0.5, 0.6) is 0 Å². The van der Waals surface area contributed by atoms with E-state index in [1.165, 1.54) is 7.11 Å². The Morgan fingerprint density at radius 3 is 2.67 bits per heavy atom. The maximum atomic E-state index is 10.6. The van der Waals surface area contributed by atoms with Gasteiger partial charge in [-0.25, -0.2) is 0 Å². The summed E-state index contributed by atoms with van der Waals surface area (Å²) in [6, 6.07) is 0. The topological polar surface area (TPSA) is 81.7 Å². The van der Waals surface area contributed by atoms with Crippen molar-refractivity contribution in [1.29, 1.82) is 0 Å². The molecule has 0 aliphatic heterocycles. The first-order valence-corrected chi connectivity index (χ1v) is 3.09. The minimum absolute atomic E-state index is 0.151. The summed E-state index contributed by atoms with van der Waals surface area (Å²) in [5, 5.41) is 2.17. The highest BCUT2D eigenvalue weighted by molar-refractivity contribution is 5.83. The third-order valence-corrected chi connectivity index (χ3v) is 0.940. The summed E-state index contributed by atoms with van der Waals surface area (Å²) in [5.74, 6) is -1.11. The molecule has 0 saturated carbocycles. The van der Waals surface area contributed by atoms with Crippen LogP contribution in [0.1, 0.15) is 0 Å². The normalized spacial score (nSPS) is 8.42. The molecule has 0 aromatic rings. The van der Waals surface area contributed by atoms with Gasteiger partial charge in [0.05, 0.1) is 7.11 Å². The van der Waals surface area contributed by atoms with Crippen molar-refractivity contribution in [2.45, 2.75) is 0 Å². The van der Waals surface area contributed by atoms with E-state index in [1.54, 1.807) is 0 Å². The number of ether oxygens (including phenoxy) is 2. The van der Waals surface area contributed by atoms with E-state index < -0.39 is 11.9 Å². The van der Waals surface area contributed by atoms with Gasteiger partial charge in [-0.15, -0.1) is 0 Å². The maximum Gasteiger partial charge on any atom is 0.325 e. The van der Waals surface area contributed by atoms with Crippen molar-refractivity contribution in [3.05, 3.63) is 0 Å². The molecule has 0 aliphatic carbocycles. The van der Waals surface area contributed by atoms with Gasteiger partial charge in [-0.05, 0) is 0 Å². The molecule has 0 radical (unpaired) electrons. The van der Waals surface area contributed by atoms with E-state index in [0.29, 0.717) is 0 Å². The summed E-state index contributed by atoms with van der Waals surface area (Å²) in [5.41, 5.74) is 0. The largest absolute Gasteiger partial charge is 0.468 e. The standard InChI is InChI=1S/C6H9NO5/c1-11-6(10)2-7-5(9)3-12-4-8/h4H,2-3H2,1H3,(H,7,9). The van der Waals surface area contributed by atoms with E-state index in [4.69, 9.17) is 0 Å².